The van der Waals surface area contributed by atoms with Crippen LogP contribution < -0.4 is 0 Å². The molecule has 88 valence electrons. The maximum Gasteiger partial charge on any atom is 0.155 e. The van der Waals surface area contributed by atoms with Gasteiger partial charge < -0.3 is 0 Å². The summed E-state index contributed by atoms with van der Waals surface area (Å²) in [5.74, 6) is 2.14. The van der Waals surface area contributed by atoms with Gasteiger partial charge in [0, 0.05) is 19.4 Å². The molecule has 0 amide bonds. The lowest BCUT2D eigenvalue weighted by molar-refractivity contribution is 0.570. The first-order chi connectivity index (χ1) is 8.42. The number of benzene rings is 1. The Morgan fingerprint density at radius 1 is 1.06 bits per heavy atom. The van der Waals surface area contributed by atoms with E-state index in [9.17, 15) is 0 Å². The molecular formula is C14H17N3. The SMILES string of the molecule is c1ccc(Cc2nc3n(n2)CCCCC3)cc1. The van der Waals surface area contributed by atoms with Crippen LogP contribution in [0.4, 0.5) is 0 Å². The van der Waals surface area contributed by atoms with Crippen LogP contribution in [0.3, 0.4) is 0 Å². The summed E-state index contributed by atoms with van der Waals surface area (Å²) in [5.41, 5.74) is 1.29. The van der Waals surface area contributed by atoms with Crippen molar-refractivity contribution in [2.75, 3.05) is 0 Å². The van der Waals surface area contributed by atoms with Crippen LogP contribution in [0.25, 0.3) is 0 Å². The van der Waals surface area contributed by atoms with Gasteiger partial charge in [-0.15, -0.1) is 0 Å². The highest BCUT2D eigenvalue weighted by Crippen LogP contribution is 2.14. The van der Waals surface area contributed by atoms with E-state index >= 15 is 0 Å². The van der Waals surface area contributed by atoms with E-state index in [2.05, 4.69) is 39.0 Å². The van der Waals surface area contributed by atoms with Gasteiger partial charge in [0.05, 0.1) is 0 Å². The third kappa shape index (κ3) is 2.38. The van der Waals surface area contributed by atoms with Crippen molar-refractivity contribution < 1.29 is 0 Å². The Balaban J connectivity index is 1.81. The number of aryl methyl sites for hydroxylation is 2. The van der Waals surface area contributed by atoms with Crippen LogP contribution >= 0.6 is 0 Å². The zero-order valence-corrected chi connectivity index (χ0v) is 9.97. The molecule has 0 saturated heterocycles. The van der Waals surface area contributed by atoms with Gasteiger partial charge in [0.2, 0.25) is 0 Å². The lowest BCUT2D eigenvalue weighted by atomic mass is 10.1. The predicted octanol–water partition coefficient (Wildman–Crippen LogP) is 2.60. The highest BCUT2D eigenvalue weighted by atomic mass is 15.3. The molecular weight excluding hydrogens is 210 g/mol. The van der Waals surface area contributed by atoms with Crippen LogP contribution in [0.5, 0.6) is 0 Å². The molecule has 1 aromatic heterocycles. The number of hydrogen-bond donors (Lipinski definition) is 0. The molecule has 3 rings (SSSR count). The fraction of sp³-hybridized carbons (Fsp3) is 0.429. The number of aromatic nitrogens is 3. The van der Waals surface area contributed by atoms with Crippen molar-refractivity contribution in [1.29, 1.82) is 0 Å². The number of hydrogen-bond acceptors (Lipinski definition) is 2. The van der Waals surface area contributed by atoms with Gasteiger partial charge in [-0.1, -0.05) is 36.8 Å². The summed E-state index contributed by atoms with van der Waals surface area (Å²) in [6.45, 7) is 1.04. The Hall–Kier alpha value is -1.64. The van der Waals surface area contributed by atoms with Crippen LogP contribution in [-0.4, -0.2) is 14.8 Å². The minimum atomic E-state index is 0.848. The molecule has 0 bridgehead atoms. The summed E-state index contributed by atoms with van der Waals surface area (Å²) >= 11 is 0. The van der Waals surface area contributed by atoms with Crippen molar-refractivity contribution >= 4 is 0 Å². The Bertz CT molecular complexity index is 464. The molecule has 3 heteroatoms. The summed E-state index contributed by atoms with van der Waals surface area (Å²) in [6, 6.07) is 10.4. The van der Waals surface area contributed by atoms with E-state index < -0.39 is 0 Å². The van der Waals surface area contributed by atoms with Gasteiger partial charge in [0.1, 0.15) is 5.82 Å². The van der Waals surface area contributed by atoms with Gasteiger partial charge in [-0.25, -0.2) is 9.67 Å². The van der Waals surface area contributed by atoms with Crippen molar-refractivity contribution in [1.82, 2.24) is 14.8 Å². The molecule has 17 heavy (non-hydrogen) atoms. The first kappa shape index (κ1) is 10.5. The monoisotopic (exact) mass is 227 g/mol. The average Bonchev–Trinajstić information content (AvgIpc) is 2.60. The fourth-order valence-electron chi connectivity index (χ4n) is 2.36. The Labute approximate surface area is 101 Å². The fourth-order valence-corrected chi connectivity index (χ4v) is 2.36. The zero-order valence-electron chi connectivity index (χ0n) is 9.97. The molecule has 0 radical (unpaired) electrons. The van der Waals surface area contributed by atoms with Crippen LogP contribution in [0.15, 0.2) is 30.3 Å². The van der Waals surface area contributed by atoms with Gasteiger partial charge >= 0.3 is 0 Å². The van der Waals surface area contributed by atoms with E-state index in [4.69, 9.17) is 0 Å². The van der Waals surface area contributed by atoms with E-state index in [1.807, 2.05) is 6.07 Å². The molecule has 0 aliphatic carbocycles. The molecule has 2 heterocycles. The lowest BCUT2D eigenvalue weighted by Gasteiger charge is -1.97. The molecule has 0 atom stereocenters. The van der Waals surface area contributed by atoms with Gasteiger partial charge in [-0.3, -0.25) is 0 Å². The second-order valence-electron chi connectivity index (χ2n) is 4.64. The average molecular weight is 227 g/mol. The van der Waals surface area contributed by atoms with Gasteiger partial charge in [0.25, 0.3) is 0 Å². The highest BCUT2D eigenvalue weighted by molar-refractivity contribution is 5.18. The van der Waals surface area contributed by atoms with Crippen molar-refractivity contribution in [2.24, 2.45) is 0 Å². The molecule has 1 aromatic carbocycles. The summed E-state index contributed by atoms with van der Waals surface area (Å²) in [6.07, 6.45) is 5.73. The van der Waals surface area contributed by atoms with Crippen LogP contribution in [-0.2, 0) is 19.4 Å². The largest absolute Gasteiger partial charge is 0.250 e. The molecule has 0 fully saturated rings. The maximum absolute atomic E-state index is 4.66. The summed E-state index contributed by atoms with van der Waals surface area (Å²) in [5, 5.41) is 4.61. The molecule has 2 aromatic rings. The first-order valence-corrected chi connectivity index (χ1v) is 6.38. The van der Waals surface area contributed by atoms with Crippen molar-refractivity contribution in [2.45, 2.75) is 38.6 Å². The predicted molar refractivity (Wildman–Crippen MR) is 66.8 cm³/mol. The van der Waals surface area contributed by atoms with Crippen LogP contribution in [0, 0.1) is 0 Å². The van der Waals surface area contributed by atoms with E-state index in [1.165, 1.54) is 30.7 Å². The van der Waals surface area contributed by atoms with Crippen LogP contribution in [0.2, 0.25) is 0 Å². The topological polar surface area (TPSA) is 30.7 Å². The lowest BCUT2D eigenvalue weighted by Crippen LogP contribution is -2.02. The normalized spacial score (nSPS) is 15.3. The van der Waals surface area contributed by atoms with Crippen molar-refractivity contribution in [3.05, 3.63) is 47.5 Å². The van der Waals surface area contributed by atoms with Gasteiger partial charge in [-0.05, 0) is 18.4 Å². The number of fused-ring (bicyclic) bond motifs is 1. The minimum absolute atomic E-state index is 0.848. The quantitative estimate of drug-likeness (QED) is 0.789. The Morgan fingerprint density at radius 2 is 1.94 bits per heavy atom. The second-order valence-corrected chi connectivity index (χ2v) is 4.64. The molecule has 0 N–H and O–H groups in total. The number of rotatable bonds is 2. The molecule has 1 aliphatic heterocycles. The van der Waals surface area contributed by atoms with Crippen molar-refractivity contribution in [3.63, 3.8) is 0 Å². The maximum atomic E-state index is 4.66. The minimum Gasteiger partial charge on any atom is -0.250 e. The highest BCUT2D eigenvalue weighted by Gasteiger charge is 2.12. The van der Waals surface area contributed by atoms with Gasteiger partial charge in [-0.2, -0.15) is 5.10 Å². The smallest absolute Gasteiger partial charge is 0.155 e. The molecule has 3 nitrogen and oxygen atoms in total. The molecule has 0 saturated carbocycles. The summed E-state index contributed by atoms with van der Waals surface area (Å²) < 4.78 is 2.10. The zero-order chi connectivity index (χ0) is 11.5. The summed E-state index contributed by atoms with van der Waals surface area (Å²) in [7, 11) is 0. The second kappa shape index (κ2) is 4.70. The summed E-state index contributed by atoms with van der Waals surface area (Å²) in [4.78, 5) is 4.66. The van der Waals surface area contributed by atoms with Crippen LogP contribution in [0.1, 0.15) is 36.5 Å². The number of nitrogens with zero attached hydrogens (tertiary/aromatic N) is 3. The Kier molecular flexibility index (Phi) is 2.90. The first-order valence-electron chi connectivity index (χ1n) is 6.38. The standard InChI is InChI=1S/C14H17N3/c1-3-7-12(8-4-1)11-13-15-14-9-5-2-6-10-17(14)16-13/h1,3-4,7-8H,2,5-6,9-11H2. The van der Waals surface area contributed by atoms with E-state index in [0.717, 1.165) is 25.2 Å². The third-order valence-electron chi connectivity index (χ3n) is 3.27. The van der Waals surface area contributed by atoms with E-state index in [-0.39, 0.29) is 0 Å². The third-order valence-corrected chi connectivity index (χ3v) is 3.27. The van der Waals surface area contributed by atoms with Gasteiger partial charge in [0.15, 0.2) is 5.82 Å². The molecule has 0 unspecified atom stereocenters. The molecule has 0 spiro atoms. The molecule has 1 aliphatic rings. The Morgan fingerprint density at radius 3 is 2.82 bits per heavy atom. The van der Waals surface area contributed by atoms with E-state index in [0.29, 0.717) is 0 Å². The van der Waals surface area contributed by atoms with Crippen molar-refractivity contribution in [3.8, 4) is 0 Å². The van der Waals surface area contributed by atoms with E-state index in [1.54, 1.807) is 0 Å².